The van der Waals surface area contributed by atoms with Crippen LogP contribution in [0.4, 0.5) is 10.6 Å². The molecule has 5 aromatic rings. The third-order valence-electron chi connectivity index (χ3n) is 8.87. The molecule has 5 rings (SSSR count). The summed E-state index contributed by atoms with van der Waals surface area (Å²) in [6, 6.07) is 20.2. The van der Waals surface area contributed by atoms with Crippen molar-refractivity contribution in [3.8, 4) is 34.8 Å². The summed E-state index contributed by atoms with van der Waals surface area (Å²) in [5, 5.41) is 19.0. The molecule has 0 fully saturated rings. The van der Waals surface area contributed by atoms with Crippen molar-refractivity contribution in [3.05, 3.63) is 128 Å². The lowest BCUT2D eigenvalue weighted by Crippen LogP contribution is -2.36. The Balaban J connectivity index is 1.51. The Kier molecular flexibility index (Phi) is 17.8. The zero-order valence-electron chi connectivity index (χ0n) is 36.5. The Morgan fingerprint density at radius 3 is 2.01 bits per heavy atom. The molecule has 0 N–H and O–H groups in total. The summed E-state index contributed by atoms with van der Waals surface area (Å²) in [4.78, 5) is 72.5. The maximum absolute atomic E-state index is 14.9. The first-order valence-electron chi connectivity index (χ1n) is 20.0. The number of ether oxygens (including phenoxy) is 7. The topological polar surface area (TPSA) is 292 Å². The molecule has 24 nitrogen and oxygen atoms in total. The summed E-state index contributed by atoms with van der Waals surface area (Å²) in [6.45, 7) is 2.63. The van der Waals surface area contributed by atoms with Gasteiger partial charge in [0.1, 0.15) is 33.0 Å². The predicted octanol–water partition coefficient (Wildman–Crippen LogP) is 5.44. The van der Waals surface area contributed by atoms with Gasteiger partial charge in [-0.3, -0.25) is 4.79 Å². The molecular formula is C42H45N7O17S. The molecule has 25 heteroatoms. The van der Waals surface area contributed by atoms with Crippen LogP contribution in [0.5, 0.6) is 23.1 Å². The second-order valence-corrected chi connectivity index (χ2v) is 16.4. The van der Waals surface area contributed by atoms with E-state index in [0.29, 0.717) is 15.4 Å². The fourth-order valence-electron chi connectivity index (χ4n) is 5.60. The largest absolute Gasteiger partial charge is 0.510 e. The highest BCUT2D eigenvalue weighted by atomic mass is 32.2. The third-order valence-corrected chi connectivity index (χ3v) is 10.6. The molecule has 0 aliphatic carbocycles. The molecular weight excluding hydrogens is 907 g/mol. The number of esters is 1. The predicted molar refractivity (Wildman–Crippen MR) is 230 cm³/mol. The Bertz CT molecular complexity index is 2570. The van der Waals surface area contributed by atoms with Crippen molar-refractivity contribution >= 4 is 28.0 Å². The molecule has 0 aliphatic rings. The van der Waals surface area contributed by atoms with E-state index in [0.717, 1.165) is 5.56 Å². The van der Waals surface area contributed by atoms with Crippen LogP contribution in [0.15, 0.2) is 96.2 Å². The van der Waals surface area contributed by atoms with E-state index in [1.54, 1.807) is 54.6 Å². The highest BCUT2D eigenvalue weighted by molar-refractivity contribution is 7.92. The molecule has 67 heavy (non-hydrogen) atoms. The maximum atomic E-state index is 14.9. The molecule has 0 spiro atoms. The summed E-state index contributed by atoms with van der Waals surface area (Å²) in [5.74, 6) is -2.15. The number of para-hydroxylation sites is 2. The summed E-state index contributed by atoms with van der Waals surface area (Å²) in [5.41, 5.74) is 1.52. The van der Waals surface area contributed by atoms with E-state index in [4.69, 9.17) is 33.2 Å². The van der Waals surface area contributed by atoms with Crippen LogP contribution in [0.25, 0.3) is 11.6 Å². The molecule has 0 saturated carbocycles. The second kappa shape index (κ2) is 23.8. The lowest BCUT2D eigenvalue weighted by atomic mass is 9.87. The minimum absolute atomic E-state index is 0.0432. The molecule has 0 atom stereocenters. The van der Waals surface area contributed by atoms with E-state index in [2.05, 4.69) is 29.6 Å². The molecule has 2 aromatic heterocycles. The average Bonchev–Trinajstić information content (AvgIpc) is 3.30. The highest BCUT2D eigenvalue weighted by Gasteiger charge is 2.35. The number of rotatable bonds is 25. The highest BCUT2D eigenvalue weighted by Crippen LogP contribution is 2.43. The van der Waals surface area contributed by atoms with Gasteiger partial charge in [-0.1, -0.05) is 69.3 Å². The lowest BCUT2D eigenvalue weighted by Gasteiger charge is -2.26. The SMILES string of the molecule is COc1ccccc1Oc1c(OCCOC(=O)Cc2ccc(CO[N+](=O)[O-])cc2)nc(-c2ncccn2)nc1N(COC(=O)OCCOCCO[N+](=O)[O-])S(=O)(=O)c1ccc(C(C)(C)C)cc1. The van der Waals surface area contributed by atoms with Crippen molar-refractivity contribution in [1.82, 2.24) is 19.9 Å². The Hall–Kier alpha value is -7.93. The number of anilines is 1. The summed E-state index contributed by atoms with van der Waals surface area (Å²) >= 11 is 0. The van der Waals surface area contributed by atoms with Gasteiger partial charge in [0.15, 0.2) is 29.9 Å². The van der Waals surface area contributed by atoms with Gasteiger partial charge >= 0.3 is 12.1 Å². The van der Waals surface area contributed by atoms with Gasteiger partial charge in [0, 0.05) is 12.4 Å². The van der Waals surface area contributed by atoms with Gasteiger partial charge in [0.25, 0.3) is 26.1 Å². The maximum Gasteiger partial charge on any atom is 0.510 e. The molecule has 3 aromatic carbocycles. The van der Waals surface area contributed by atoms with E-state index >= 15 is 0 Å². The number of hydrogen-bond donors (Lipinski definition) is 0. The van der Waals surface area contributed by atoms with Crippen molar-refractivity contribution in [3.63, 3.8) is 0 Å². The summed E-state index contributed by atoms with van der Waals surface area (Å²) in [6.07, 6.45) is 1.28. The fourth-order valence-corrected chi connectivity index (χ4v) is 6.88. The monoisotopic (exact) mass is 951 g/mol. The van der Waals surface area contributed by atoms with Crippen molar-refractivity contribution in [2.45, 2.75) is 44.1 Å². The summed E-state index contributed by atoms with van der Waals surface area (Å²) < 4.78 is 69.3. The van der Waals surface area contributed by atoms with Gasteiger partial charge in [0.05, 0.1) is 31.6 Å². The smallest absolute Gasteiger partial charge is 0.493 e. The van der Waals surface area contributed by atoms with Crippen molar-refractivity contribution in [2.24, 2.45) is 0 Å². The van der Waals surface area contributed by atoms with Gasteiger partial charge in [-0.05, 0) is 52.4 Å². The van der Waals surface area contributed by atoms with Gasteiger partial charge in [0.2, 0.25) is 11.6 Å². The second-order valence-electron chi connectivity index (χ2n) is 14.6. The van der Waals surface area contributed by atoms with Gasteiger partial charge in [-0.15, -0.1) is 20.2 Å². The van der Waals surface area contributed by atoms with E-state index in [9.17, 15) is 38.2 Å². The number of benzene rings is 3. The number of nitrogens with zero attached hydrogens (tertiary/aromatic N) is 7. The molecule has 356 valence electrons. The Labute approximate surface area is 382 Å². The van der Waals surface area contributed by atoms with Gasteiger partial charge < -0.3 is 42.8 Å². The number of aromatic nitrogens is 4. The van der Waals surface area contributed by atoms with E-state index in [1.807, 2.05) is 20.8 Å². The van der Waals surface area contributed by atoms with Crippen molar-refractivity contribution < 1.29 is 71.0 Å². The molecule has 0 unspecified atom stereocenters. The summed E-state index contributed by atoms with van der Waals surface area (Å²) in [7, 11) is -3.40. The number of sulfonamides is 1. The van der Waals surface area contributed by atoms with Gasteiger partial charge in [-0.2, -0.15) is 4.98 Å². The minimum Gasteiger partial charge on any atom is -0.493 e. The average molecular weight is 952 g/mol. The van der Waals surface area contributed by atoms with E-state index < -0.39 is 56.5 Å². The number of carbonyl (C=O) groups excluding carboxylic acids is 2. The number of methoxy groups -OCH3 is 1. The first-order valence-corrected chi connectivity index (χ1v) is 21.4. The Morgan fingerprint density at radius 2 is 1.36 bits per heavy atom. The molecule has 0 aliphatic heterocycles. The van der Waals surface area contributed by atoms with Crippen LogP contribution < -0.4 is 18.5 Å². The molecule has 0 amide bonds. The molecule has 0 radical (unpaired) electrons. The zero-order chi connectivity index (χ0) is 48.4. The van der Waals surface area contributed by atoms with Crippen LogP contribution in [-0.2, 0) is 61.9 Å². The fraction of sp³-hybridized carbons (Fsp3) is 0.333. The van der Waals surface area contributed by atoms with Gasteiger partial charge in [-0.25, -0.2) is 32.5 Å². The van der Waals surface area contributed by atoms with Crippen LogP contribution in [0.1, 0.15) is 37.5 Å². The zero-order valence-corrected chi connectivity index (χ0v) is 37.3. The lowest BCUT2D eigenvalue weighted by molar-refractivity contribution is -0.763. The van der Waals surface area contributed by atoms with Crippen LogP contribution in [0.3, 0.4) is 0 Å². The van der Waals surface area contributed by atoms with Crippen molar-refractivity contribution in [1.29, 1.82) is 0 Å². The van der Waals surface area contributed by atoms with Crippen LogP contribution in [-0.4, -0.2) is 104 Å². The van der Waals surface area contributed by atoms with Crippen molar-refractivity contribution in [2.75, 3.05) is 57.8 Å². The number of hydrogen-bond acceptors (Lipinski definition) is 21. The van der Waals surface area contributed by atoms with E-state index in [1.165, 1.54) is 43.8 Å². The number of carbonyl (C=O) groups is 2. The van der Waals surface area contributed by atoms with Crippen LogP contribution in [0.2, 0.25) is 0 Å². The molecule has 0 bridgehead atoms. The van der Waals surface area contributed by atoms with Crippen LogP contribution in [0, 0.1) is 20.2 Å². The third kappa shape index (κ3) is 15.1. The first-order chi connectivity index (χ1) is 32.0. The quantitative estimate of drug-likeness (QED) is 0.0231. The van der Waals surface area contributed by atoms with E-state index in [-0.39, 0.29) is 86.1 Å². The first kappa shape index (κ1) is 50.1. The molecule has 0 saturated heterocycles. The normalized spacial score (nSPS) is 11.2. The van der Waals surface area contributed by atoms with Crippen LogP contribution >= 0.6 is 0 Å². The minimum atomic E-state index is -4.77. The standard InChI is InChI=1S/C42H45N7O17S/c1-42(2,3)31-14-16-32(17-15-31)67(56,57)47(28-63-41(51)62-22-20-59-21-25-64-48(52)53)39-36(66-34-9-6-5-8-33(34)58-4)40(46-38(45-39)37-43-18-7-19-44-37)61-24-23-60-35(50)26-29-10-12-30(13-11-29)27-65-49(54)55/h5-19H,20-28H2,1-4H3. The molecule has 2 heterocycles. The Morgan fingerprint density at radius 1 is 0.716 bits per heavy atom.